The van der Waals surface area contributed by atoms with Gasteiger partial charge in [-0.25, -0.2) is 0 Å². The van der Waals surface area contributed by atoms with Gasteiger partial charge in [-0.3, -0.25) is 33.8 Å². The SMILES string of the molecule is CCCCN1C(=O)c2cccc3c(N(CCNCC(=O)O)CCN(CC(=O)O)CC(=O)O)ccc(c23)C1=O. The molecule has 1 heterocycles. The van der Waals surface area contributed by atoms with Gasteiger partial charge in [0, 0.05) is 60.3 Å². The number of anilines is 1. The van der Waals surface area contributed by atoms with E-state index >= 15 is 0 Å². The fraction of sp³-hybridized carbons (Fsp3) is 0.423. The van der Waals surface area contributed by atoms with Crippen LogP contribution in [0.15, 0.2) is 30.3 Å². The highest BCUT2D eigenvalue weighted by Gasteiger charge is 2.33. The Hall–Kier alpha value is -4.03. The lowest BCUT2D eigenvalue weighted by Gasteiger charge is -2.32. The maximum atomic E-state index is 13.2. The molecule has 204 valence electrons. The highest BCUT2D eigenvalue weighted by atomic mass is 16.4. The monoisotopic (exact) mass is 528 g/mol. The average molecular weight is 529 g/mol. The van der Waals surface area contributed by atoms with Crippen LogP contribution in [0.2, 0.25) is 0 Å². The average Bonchev–Trinajstić information content (AvgIpc) is 2.85. The Labute approximate surface area is 219 Å². The van der Waals surface area contributed by atoms with Gasteiger partial charge in [0.1, 0.15) is 0 Å². The summed E-state index contributed by atoms with van der Waals surface area (Å²) in [6.45, 7) is 2.04. The Bertz CT molecular complexity index is 1190. The van der Waals surface area contributed by atoms with Crippen LogP contribution in [0.1, 0.15) is 40.5 Å². The van der Waals surface area contributed by atoms with Gasteiger partial charge in [0.05, 0.1) is 19.6 Å². The van der Waals surface area contributed by atoms with Crippen molar-refractivity contribution in [3.8, 4) is 0 Å². The molecular formula is C26H32N4O8. The van der Waals surface area contributed by atoms with E-state index in [1.54, 1.807) is 30.3 Å². The van der Waals surface area contributed by atoms with Gasteiger partial charge >= 0.3 is 17.9 Å². The van der Waals surface area contributed by atoms with E-state index in [1.807, 2.05) is 11.8 Å². The van der Waals surface area contributed by atoms with E-state index in [4.69, 9.17) is 5.11 Å². The van der Waals surface area contributed by atoms with Gasteiger partial charge in [-0.05, 0) is 24.6 Å². The predicted octanol–water partition coefficient (Wildman–Crippen LogP) is 1.19. The van der Waals surface area contributed by atoms with Gasteiger partial charge < -0.3 is 25.5 Å². The molecule has 0 aliphatic carbocycles. The van der Waals surface area contributed by atoms with Crippen molar-refractivity contribution in [3.05, 3.63) is 41.5 Å². The van der Waals surface area contributed by atoms with Crippen molar-refractivity contribution in [1.82, 2.24) is 15.1 Å². The third-order valence-corrected chi connectivity index (χ3v) is 6.28. The second-order valence-electron chi connectivity index (χ2n) is 9.03. The van der Waals surface area contributed by atoms with Crippen molar-refractivity contribution in [3.63, 3.8) is 0 Å². The minimum Gasteiger partial charge on any atom is -0.480 e. The first-order valence-corrected chi connectivity index (χ1v) is 12.4. The number of carboxylic acids is 3. The van der Waals surface area contributed by atoms with Crippen LogP contribution in [0.3, 0.4) is 0 Å². The van der Waals surface area contributed by atoms with Crippen molar-refractivity contribution in [2.45, 2.75) is 19.8 Å². The minimum absolute atomic E-state index is 0.100. The van der Waals surface area contributed by atoms with E-state index < -0.39 is 31.0 Å². The van der Waals surface area contributed by atoms with Crippen LogP contribution in [0.5, 0.6) is 0 Å². The van der Waals surface area contributed by atoms with Crippen LogP contribution in [0, 0.1) is 0 Å². The summed E-state index contributed by atoms with van der Waals surface area (Å²) in [6.07, 6.45) is 1.53. The number of nitrogens with one attached hydrogen (secondary N) is 1. The Morgan fingerprint density at radius 2 is 1.53 bits per heavy atom. The molecule has 0 aromatic heterocycles. The Morgan fingerprint density at radius 1 is 0.868 bits per heavy atom. The second-order valence-corrected chi connectivity index (χ2v) is 9.03. The lowest BCUT2D eigenvalue weighted by atomic mass is 9.92. The Balaban J connectivity index is 1.97. The number of aliphatic carboxylic acids is 3. The number of nitrogens with zero attached hydrogens (tertiary/aromatic N) is 3. The molecule has 1 aliphatic heterocycles. The first-order chi connectivity index (χ1) is 18.1. The van der Waals surface area contributed by atoms with Gasteiger partial charge in [-0.2, -0.15) is 0 Å². The molecule has 12 heteroatoms. The quantitative estimate of drug-likeness (QED) is 0.182. The zero-order valence-electron chi connectivity index (χ0n) is 21.2. The largest absolute Gasteiger partial charge is 0.480 e. The van der Waals surface area contributed by atoms with Crippen LogP contribution in [-0.4, -0.2) is 107 Å². The maximum absolute atomic E-state index is 13.2. The summed E-state index contributed by atoms with van der Waals surface area (Å²) in [5.41, 5.74) is 1.49. The standard InChI is InChI=1S/C26H32N4O8/c1-2-3-10-30-25(37)18-6-4-5-17-20(8-7-19(24(17)18)26(30)38)29(11-9-27-14-21(31)32)13-12-28(15-22(33)34)16-23(35)36/h4-8,27H,2-3,9-16H2,1H3,(H,31,32)(H,33,34)(H,35,36). The maximum Gasteiger partial charge on any atom is 0.317 e. The van der Waals surface area contributed by atoms with Crippen LogP contribution in [-0.2, 0) is 14.4 Å². The molecular weight excluding hydrogens is 496 g/mol. The Kier molecular flexibility index (Phi) is 9.74. The van der Waals surface area contributed by atoms with E-state index in [0.717, 1.165) is 6.42 Å². The normalized spacial score (nSPS) is 12.8. The van der Waals surface area contributed by atoms with Crippen LogP contribution in [0.25, 0.3) is 10.8 Å². The number of benzene rings is 2. The van der Waals surface area contributed by atoms with Crippen LogP contribution < -0.4 is 10.2 Å². The summed E-state index contributed by atoms with van der Waals surface area (Å²) in [4.78, 5) is 64.2. The number of carboxylic acid groups (broad SMARTS) is 3. The third kappa shape index (κ3) is 6.84. The highest BCUT2D eigenvalue weighted by Crippen LogP contribution is 2.36. The van der Waals surface area contributed by atoms with E-state index in [2.05, 4.69) is 5.32 Å². The van der Waals surface area contributed by atoms with E-state index in [0.29, 0.717) is 47.1 Å². The van der Waals surface area contributed by atoms with Gasteiger partial charge in [-0.1, -0.05) is 25.5 Å². The topological polar surface area (TPSA) is 168 Å². The van der Waals surface area contributed by atoms with Crippen LogP contribution in [0.4, 0.5) is 5.69 Å². The van der Waals surface area contributed by atoms with Crippen molar-refractivity contribution in [1.29, 1.82) is 0 Å². The molecule has 12 nitrogen and oxygen atoms in total. The number of carbonyl (C=O) groups excluding carboxylic acids is 2. The van der Waals surface area contributed by atoms with Gasteiger partial charge in [0.25, 0.3) is 11.8 Å². The molecule has 0 atom stereocenters. The Morgan fingerprint density at radius 3 is 2.13 bits per heavy atom. The lowest BCUT2D eigenvalue weighted by molar-refractivity contribution is -0.142. The summed E-state index contributed by atoms with van der Waals surface area (Å²) >= 11 is 0. The zero-order chi connectivity index (χ0) is 27.8. The van der Waals surface area contributed by atoms with Crippen molar-refractivity contribution in [2.24, 2.45) is 0 Å². The van der Waals surface area contributed by atoms with E-state index in [-0.39, 0.29) is 38.0 Å². The first kappa shape index (κ1) is 28.5. The first-order valence-electron chi connectivity index (χ1n) is 12.4. The number of hydrogen-bond acceptors (Lipinski definition) is 8. The molecule has 3 rings (SSSR count). The van der Waals surface area contributed by atoms with E-state index in [1.165, 1.54) is 9.80 Å². The summed E-state index contributed by atoms with van der Waals surface area (Å²) < 4.78 is 0. The molecule has 0 saturated heterocycles. The number of amides is 2. The number of rotatable bonds is 16. The smallest absolute Gasteiger partial charge is 0.317 e. The summed E-state index contributed by atoms with van der Waals surface area (Å²) in [5, 5.41) is 31.3. The molecule has 38 heavy (non-hydrogen) atoms. The zero-order valence-corrected chi connectivity index (χ0v) is 21.2. The molecule has 0 saturated carbocycles. The van der Waals surface area contributed by atoms with Crippen molar-refractivity contribution in [2.75, 3.05) is 57.3 Å². The molecule has 4 N–H and O–H groups in total. The minimum atomic E-state index is -1.16. The summed E-state index contributed by atoms with van der Waals surface area (Å²) in [7, 11) is 0. The van der Waals surface area contributed by atoms with Crippen LogP contribution >= 0.6 is 0 Å². The summed E-state index contributed by atoms with van der Waals surface area (Å²) in [6, 6.07) is 8.63. The number of imide groups is 1. The van der Waals surface area contributed by atoms with Gasteiger partial charge in [0.2, 0.25) is 0 Å². The van der Waals surface area contributed by atoms with Crippen molar-refractivity contribution < 1.29 is 39.3 Å². The molecule has 0 bridgehead atoms. The molecule has 0 fully saturated rings. The third-order valence-electron chi connectivity index (χ3n) is 6.28. The predicted molar refractivity (Wildman–Crippen MR) is 139 cm³/mol. The van der Waals surface area contributed by atoms with Gasteiger partial charge in [-0.15, -0.1) is 0 Å². The number of unbranched alkanes of at least 4 members (excludes halogenated alkanes) is 1. The summed E-state index contributed by atoms with van der Waals surface area (Å²) in [5.74, 6) is -4.05. The molecule has 0 radical (unpaired) electrons. The molecule has 1 aliphatic rings. The number of carbonyl (C=O) groups is 5. The molecule has 2 aromatic carbocycles. The lowest BCUT2D eigenvalue weighted by Crippen LogP contribution is -2.43. The fourth-order valence-electron chi connectivity index (χ4n) is 4.55. The van der Waals surface area contributed by atoms with E-state index in [9.17, 15) is 34.2 Å². The molecule has 0 spiro atoms. The molecule has 2 aromatic rings. The fourth-order valence-corrected chi connectivity index (χ4v) is 4.55. The highest BCUT2D eigenvalue weighted by molar-refractivity contribution is 6.26. The van der Waals surface area contributed by atoms with Gasteiger partial charge in [0.15, 0.2) is 0 Å². The van der Waals surface area contributed by atoms with Crippen molar-refractivity contribution >= 4 is 46.2 Å². The number of hydrogen-bond donors (Lipinski definition) is 4. The second kappa shape index (κ2) is 13.0. The molecule has 2 amide bonds. The molecule has 0 unspecified atom stereocenters.